The molecule has 8 nitrogen and oxygen atoms in total. The van der Waals surface area contributed by atoms with Gasteiger partial charge in [0.1, 0.15) is 0 Å². The SMILES string of the molecule is CN(C)CCN1CCc2cc(Nc3ncc(F)c(N[C@@H]4[C@H](C(N)=O)[C@H]5C=C[C@@H]4C5)n3)ccc21. The van der Waals surface area contributed by atoms with Gasteiger partial charge in [-0.25, -0.2) is 9.37 Å². The summed E-state index contributed by atoms with van der Waals surface area (Å²) >= 11 is 0. The Kier molecular flexibility index (Phi) is 5.65. The number of aromatic nitrogens is 2. The highest BCUT2D eigenvalue weighted by Gasteiger charge is 2.47. The Morgan fingerprint density at radius 2 is 2.12 bits per heavy atom. The summed E-state index contributed by atoms with van der Waals surface area (Å²) in [5.74, 6) is -0.646. The van der Waals surface area contributed by atoms with E-state index in [0.717, 1.165) is 44.4 Å². The summed E-state index contributed by atoms with van der Waals surface area (Å²) in [7, 11) is 4.16. The topological polar surface area (TPSA) is 99.4 Å². The molecule has 0 radical (unpaired) electrons. The van der Waals surface area contributed by atoms with Gasteiger partial charge in [0.25, 0.3) is 0 Å². The van der Waals surface area contributed by atoms with Crippen molar-refractivity contribution in [1.29, 1.82) is 0 Å². The Morgan fingerprint density at radius 3 is 2.91 bits per heavy atom. The minimum absolute atomic E-state index is 0.0840. The number of nitrogens with zero attached hydrogens (tertiary/aromatic N) is 4. The lowest BCUT2D eigenvalue weighted by Gasteiger charge is -2.27. The van der Waals surface area contributed by atoms with Crippen LogP contribution in [0.2, 0.25) is 0 Å². The van der Waals surface area contributed by atoms with E-state index in [2.05, 4.69) is 62.7 Å². The summed E-state index contributed by atoms with van der Waals surface area (Å²) in [6, 6.07) is 5.95. The number of benzene rings is 1. The third-order valence-corrected chi connectivity index (χ3v) is 6.98. The molecule has 0 spiro atoms. The number of nitrogens with two attached hydrogens (primary N) is 1. The lowest BCUT2D eigenvalue weighted by atomic mass is 9.88. The normalized spacial score (nSPS) is 25.0. The highest BCUT2D eigenvalue weighted by Crippen LogP contribution is 2.45. The summed E-state index contributed by atoms with van der Waals surface area (Å²) < 4.78 is 14.5. The Balaban J connectivity index is 1.30. The van der Waals surface area contributed by atoms with Crippen molar-refractivity contribution in [3.8, 4) is 0 Å². The molecule has 2 aliphatic carbocycles. The van der Waals surface area contributed by atoms with Crippen molar-refractivity contribution < 1.29 is 9.18 Å². The van der Waals surface area contributed by atoms with Gasteiger partial charge in [0, 0.05) is 37.1 Å². The molecule has 2 aromatic rings. The molecule has 174 valence electrons. The van der Waals surface area contributed by atoms with Crippen molar-refractivity contribution in [3.63, 3.8) is 0 Å². The van der Waals surface area contributed by atoms with E-state index in [9.17, 15) is 9.18 Å². The fourth-order valence-electron chi connectivity index (χ4n) is 5.32. The van der Waals surface area contributed by atoms with Gasteiger partial charge in [0.15, 0.2) is 11.6 Å². The maximum absolute atomic E-state index is 14.5. The zero-order chi connectivity index (χ0) is 23.1. The molecule has 2 heterocycles. The second kappa shape index (κ2) is 8.62. The van der Waals surface area contributed by atoms with E-state index < -0.39 is 5.82 Å². The lowest BCUT2D eigenvalue weighted by Crippen LogP contribution is -2.41. The highest BCUT2D eigenvalue weighted by molar-refractivity contribution is 5.79. The molecule has 4 atom stereocenters. The number of allylic oxidation sites excluding steroid dienone is 1. The van der Waals surface area contributed by atoms with Crippen molar-refractivity contribution in [2.75, 3.05) is 49.3 Å². The first-order valence-corrected chi connectivity index (χ1v) is 11.5. The summed E-state index contributed by atoms with van der Waals surface area (Å²) in [5.41, 5.74) is 9.02. The summed E-state index contributed by atoms with van der Waals surface area (Å²) in [5, 5.41) is 6.34. The smallest absolute Gasteiger partial charge is 0.229 e. The Hall–Kier alpha value is -3.20. The number of halogens is 1. The van der Waals surface area contributed by atoms with E-state index in [-0.39, 0.29) is 35.5 Å². The quantitative estimate of drug-likeness (QED) is 0.530. The van der Waals surface area contributed by atoms with Gasteiger partial charge in [-0.2, -0.15) is 4.98 Å². The average molecular weight is 452 g/mol. The zero-order valence-electron chi connectivity index (χ0n) is 19.0. The minimum atomic E-state index is -0.555. The van der Waals surface area contributed by atoms with Gasteiger partial charge in [0.05, 0.1) is 12.1 Å². The molecule has 4 N–H and O–H groups in total. The van der Waals surface area contributed by atoms with Crippen LogP contribution in [0.3, 0.4) is 0 Å². The highest BCUT2D eigenvalue weighted by atomic mass is 19.1. The second-order valence-corrected chi connectivity index (χ2v) is 9.45. The standard InChI is InChI=1S/C24H30FN7O/c1-31(2)9-10-32-8-7-14-12-17(5-6-19(14)32)28-24-27-13-18(25)23(30-24)29-21-16-4-3-15(11-16)20(21)22(26)33/h3-6,12-13,15-16,20-21H,7-11H2,1-2H3,(H2,26,33)(H2,27,28,29,30)/t15-,16+,20+,21-/m0/s1. The van der Waals surface area contributed by atoms with Gasteiger partial charge >= 0.3 is 0 Å². The molecule has 9 heteroatoms. The van der Waals surface area contributed by atoms with Crippen molar-refractivity contribution >= 4 is 29.0 Å². The minimum Gasteiger partial charge on any atom is -0.370 e. The molecular formula is C24H30FN7O. The number of fused-ring (bicyclic) bond motifs is 3. The Bertz CT molecular complexity index is 1090. The number of carbonyl (C=O) groups is 1. The van der Waals surface area contributed by atoms with E-state index in [1.807, 2.05) is 12.1 Å². The van der Waals surface area contributed by atoms with Crippen LogP contribution in [0.5, 0.6) is 0 Å². The first-order chi connectivity index (χ1) is 15.9. The average Bonchev–Trinajstić information content (AvgIpc) is 3.49. The largest absolute Gasteiger partial charge is 0.370 e. The maximum atomic E-state index is 14.5. The molecule has 1 amide bonds. The first kappa shape index (κ1) is 21.6. The third-order valence-electron chi connectivity index (χ3n) is 6.98. The molecule has 1 aromatic carbocycles. The van der Waals surface area contributed by atoms with E-state index in [1.165, 1.54) is 11.3 Å². The summed E-state index contributed by atoms with van der Waals surface area (Å²) in [4.78, 5) is 25.0. The van der Waals surface area contributed by atoms with Gasteiger partial charge in [-0.15, -0.1) is 0 Å². The van der Waals surface area contributed by atoms with E-state index >= 15 is 0 Å². The molecular weight excluding hydrogens is 421 g/mol. The van der Waals surface area contributed by atoms with E-state index in [0.29, 0.717) is 5.95 Å². The van der Waals surface area contributed by atoms with Gasteiger partial charge in [-0.05, 0) is 62.5 Å². The van der Waals surface area contributed by atoms with Crippen LogP contribution in [0, 0.1) is 23.6 Å². The van der Waals surface area contributed by atoms with Crippen LogP contribution in [0.25, 0.3) is 0 Å². The number of hydrogen-bond donors (Lipinski definition) is 3. The lowest BCUT2D eigenvalue weighted by molar-refractivity contribution is -0.122. The fourth-order valence-corrected chi connectivity index (χ4v) is 5.32. The number of rotatable bonds is 8. The Labute approximate surface area is 193 Å². The molecule has 1 aromatic heterocycles. The predicted molar refractivity (Wildman–Crippen MR) is 127 cm³/mol. The van der Waals surface area contributed by atoms with Crippen molar-refractivity contribution in [3.05, 3.63) is 47.9 Å². The molecule has 5 rings (SSSR count). The van der Waals surface area contributed by atoms with Gasteiger partial charge < -0.3 is 26.2 Å². The molecule has 0 saturated heterocycles. The molecule has 33 heavy (non-hydrogen) atoms. The molecule has 1 aliphatic heterocycles. The van der Waals surface area contributed by atoms with E-state index in [1.54, 1.807) is 0 Å². The number of nitrogens with one attached hydrogen (secondary N) is 2. The van der Waals surface area contributed by atoms with Crippen molar-refractivity contribution in [2.24, 2.45) is 23.5 Å². The van der Waals surface area contributed by atoms with Crippen molar-refractivity contribution in [1.82, 2.24) is 14.9 Å². The molecule has 1 fully saturated rings. The second-order valence-electron chi connectivity index (χ2n) is 9.45. The number of carbonyl (C=O) groups excluding carboxylic acids is 1. The van der Waals surface area contributed by atoms with Crippen LogP contribution < -0.4 is 21.3 Å². The fraction of sp³-hybridized carbons (Fsp3) is 0.458. The van der Waals surface area contributed by atoms with Crippen LogP contribution >= 0.6 is 0 Å². The van der Waals surface area contributed by atoms with Crippen LogP contribution in [0.15, 0.2) is 36.5 Å². The van der Waals surface area contributed by atoms with Crippen LogP contribution in [0.1, 0.15) is 12.0 Å². The molecule has 1 saturated carbocycles. The number of hydrogen-bond acceptors (Lipinski definition) is 7. The van der Waals surface area contributed by atoms with E-state index in [4.69, 9.17) is 5.73 Å². The predicted octanol–water partition coefficient (Wildman–Crippen LogP) is 2.37. The monoisotopic (exact) mass is 451 g/mol. The third kappa shape index (κ3) is 4.25. The number of likely N-dealkylation sites (N-methyl/N-ethyl adjacent to an activating group) is 1. The molecule has 3 aliphatic rings. The zero-order valence-corrected chi connectivity index (χ0v) is 19.0. The first-order valence-electron chi connectivity index (χ1n) is 11.5. The van der Waals surface area contributed by atoms with Crippen LogP contribution in [0.4, 0.5) is 27.5 Å². The summed E-state index contributed by atoms with van der Waals surface area (Å²) in [6.45, 7) is 3.01. The number of primary amides is 1. The Morgan fingerprint density at radius 1 is 1.30 bits per heavy atom. The van der Waals surface area contributed by atoms with Gasteiger partial charge in [0.2, 0.25) is 11.9 Å². The van der Waals surface area contributed by atoms with Gasteiger partial charge in [-0.1, -0.05) is 12.2 Å². The van der Waals surface area contributed by atoms with Crippen molar-refractivity contribution in [2.45, 2.75) is 18.9 Å². The molecule has 2 bridgehead atoms. The summed E-state index contributed by atoms with van der Waals surface area (Å²) in [6.07, 6.45) is 7.10. The van der Waals surface area contributed by atoms with Crippen LogP contribution in [-0.2, 0) is 11.2 Å². The number of amides is 1. The van der Waals surface area contributed by atoms with Crippen LogP contribution in [-0.4, -0.2) is 60.5 Å². The maximum Gasteiger partial charge on any atom is 0.229 e. The molecule has 0 unspecified atom stereocenters. The number of anilines is 4. The van der Waals surface area contributed by atoms with Gasteiger partial charge in [-0.3, -0.25) is 4.79 Å².